The number of pyridine rings is 1. The fourth-order valence-corrected chi connectivity index (χ4v) is 3.14. The van der Waals surface area contributed by atoms with Gasteiger partial charge in [-0.2, -0.15) is 4.98 Å². The highest BCUT2D eigenvalue weighted by molar-refractivity contribution is 6.31. The van der Waals surface area contributed by atoms with E-state index in [1.165, 1.54) is 0 Å². The zero-order valence-corrected chi connectivity index (χ0v) is 17.3. The number of hydrogen-bond acceptors (Lipinski definition) is 7. The maximum Gasteiger partial charge on any atom is 0.224 e. The van der Waals surface area contributed by atoms with Crippen LogP contribution in [0.1, 0.15) is 25.0 Å². The molecule has 0 spiro atoms. The van der Waals surface area contributed by atoms with Crippen molar-refractivity contribution in [3.63, 3.8) is 0 Å². The third-order valence-corrected chi connectivity index (χ3v) is 4.64. The summed E-state index contributed by atoms with van der Waals surface area (Å²) in [6.07, 6.45) is 4.38. The van der Waals surface area contributed by atoms with Crippen LogP contribution in [0.2, 0.25) is 5.02 Å². The molecule has 0 aliphatic carbocycles. The maximum absolute atomic E-state index is 8.85. The number of halogens is 1. The first-order chi connectivity index (χ1) is 14.2. The van der Waals surface area contributed by atoms with Gasteiger partial charge in [-0.3, -0.25) is 4.98 Å². The first-order valence-electron chi connectivity index (χ1n) is 9.88. The zero-order valence-electron chi connectivity index (χ0n) is 16.6. The number of aliphatic hydroxyl groups excluding tert-OH is 1. The molecule has 1 aromatic carbocycles. The van der Waals surface area contributed by atoms with Gasteiger partial charge in [-0.25, -0.2) is 4.98 Å². The molecule has 0 aliphatic heterocycles. The van der Waals surface area contributed by atoms with Crippen molar-refractivity contribution in [2.24, 2.45) is 0 Å². The Morgan fingerprint density at radius 1 is 0.931 bits per heavy atom. The van der Waals surface area contributed by atoms with Crippen LogP contribution in [0.25, 0.3) is 10.9 Å². The van der Waals surface area contributed by atoms with E-state index in [0.29, 0.717) is 11.0 Å². The normalized spacial score (nSPS) is 10.9. The number of nitrogens with zero attached hydrogens (tertiary/aromatic N) is 3. The Morgan fingerprint density at radius 3 is 2.62 bits per heavy atom. The summed E-state index contributed by atoms with van der Waals surface area (Å²) in [7, 11) is 0. The van der Waals surface area contributed by atoms with E-state index in [4.69, 9.17) is 16.7 Å². The smallest absolute Gasteiger partial charge is 0.224 e. The highest BCUT2D eigenvalue weighted by atomic mass is 35.5. The van der Waals surface area contributed by atoms with Crippen LogP contribution in [0, 0.1) is 6.92 Å². The third kappa shape index (κ3) is 6.44. The average Bonchev–Trinajstić information content (AvgIpc) is 2.70. The van der Waals surface area contributed by atoms with Crippen LogP contribution in [0.4, 0.5) is 17.5 Å². The monoisotopic (exact) mass is 414 g/mol. The summed E-state index contributed by atoms with van der Waals surface area (Å²) < 4.78 is 0. The first kappa shape index (κ1) is 21.1. The fourth-order valence-electron chi connectivity index (χ4n) is 2.98. The summed E-state index contributed by atoms with van der Waals surface area (Å²) in [5.74, 6) is 1.43. The fraction of sp³-hybridized carbons (Fsp3) is 0.381. The molecule has 2 heterocycles. The van der Waals surface area contributed by atoms with Gasteiger partial charge in [0.25, 0.3) is 0 Å². The van der Waals surface area contributed by atoms with Crippen molar-refractivity contribution in [2.45, 2.75) is 26.2 Å². The predicted molar refractivity (Wildman–Crippen MR) is 120 cm³/mol. The summed E-state index contributed by atoms with van der Waals surface area (Å²) in [4.78, 5) is 13.3. The number of aromatic nitrogens is 3. The van der Waals surface area contributed by atoms with Gasteiger partial charge in [0, 0.05) is 60.3 Å². The highest BCUT2D eigenvalue weighted by Gasteiger charge is 2.04. The van der Waals surface area contributed by atoms with E-state index in [9.17, 15) is 0 Å². The Morgan fingerprint density at radius 2 is 1.76 bits per heavy atom. The Hall–Kier alpha value is -2.64. The van der Waals surface area contributed by atoms with Gasteiger partial charge in [0.1, 0.15) is 5.82 Å². The van der Waals surface area contributed by atoms with Crippen molar-refractivity contribution < 1.29 is 5.11 Å². The second kappa shape index (κ2) is 10.8. The summed E-state index contributed by atoms with van der Waals surface area (Å²) in [6, 6.07) is 9.66. The van der Waals surface area contributed by atoms with E-state index >= 15 is 0 Å². The number of benzene rings is 1. The number of fused-ring (bicyclic) bond motifs is 1. The molecule has 2 aromatic heterocycles. The van der Waals surface area contributed by atoms with Crippen molar-refractivity contribution in [3.8, 4) is 0 Å². The van der Waals surface area contributed by atoms with Crippen LogP contribution in [0.5, 0.6) is 0 Å². The Kier molecular flexibility index (Phi) is 7.84. The molecular formula is C21H27ClN6O. The van der Waals surface area contributed by atoms with Gasteiger partial charge in [-0.1, -0.05) is 11.6 Å². The van der Waals surface area contributed by atoms with E-state index in [2.05, 4.69) is 30.9 Å². The van der Waals surface area contributed by atoms with Crippen LogP contribution in [0.15, 0.2) is 36.5 Å². The molecule has 0 fully saturated rings. The van der Waals surface area contributed by atoms with Gasteiger partial charge < -0.3 is 21.1 Å². The number of nitrogens with one attached hydrogen (secondary N) is 3. The Balaban J connectivity index is 1.47. The van der Waals surface area contributed by atoms with Gasteiger partial charge >= 0.3 is 0 Å². The van der Waals surface area contributed by atoms with Crippen molar-refractivity contribution in [2.75, 3.05) is 42.2 Å². The van der Waals surface area contributed by atoms with Crippen LogP contribution < -0.4 is 16.0 Å². The summed E-state index contributed by atoms with van der Waals surface area (Å²) in [6.45, 7) is 4.53. The van der Waals surface area contributed by atoms with Gasteiger partial charge in [0.15, 0.2) is 0 Å². The quantitative estimate of drug-likeness (QED) is 0.351. The molecule has 7 nitrogen and oxygen atoms in total. The third-order valence-electron chi connectivity index (χ3n) is 4.40. The zero-order chi connectivity index (χ0) is 20.5. The maximum atomic E-state index is 8.85. The number of aryl methyl sites for hydroxylation is 1. The van der Waals surface area contributed by atoms with Gasteiger partial charge in [-0.15, -0.1) is 0 Å². The molecule has 3 rings (SSSR count). The molecule has 154 valence electrons. The highest BCUT2D eigenvalue weighted by Crippen LogP contribution is 2.24. The van der Waals surface area contributed by atoms with Crippen molar-refractivity contribution in [1.82, 2.24) is 15.0 Å². The van der Waals surface area contributed by atoms with E-state index in [0.717, 1.165) is 67.0 Å². The second-order valence-electron chi connectivity index (χ2n) is 6.80. The summed E-state index contributed by atoms with van der Waals surface area (Å²) in [5, 5.41) is 20.6. The lowest BCUT2D eigenvalue weighted by atomic mass is 10.2. The van der Waals surface area contributed by atoms with Crippen LogP contribution >= 0.6 is 11.6 Å². The Labute approximate surface area is 175 Å². The molecule has 8 heteroatoms. The Bertz CT molecular complexity index is 936. The number of rotatable bonds is 11. The minimum Gasteiger partial charge on any atom is -0.396 e. The molecule has 0 saturated heterocycles. The lowest BCUT2D eigenvalue weighted by Crippen LogP contribution is -2.12. The van der Waals surface area contributed by atoms with E-state index in [1.54, 1.807) is 6.20 Å². The predicted octanol–water partition coefficient (Wildman–Crippen LogP) is 4.09. The summed E-state index contributed by atoms with van der Waals surface area (Å²) >= 11 is 6.05. The molecule has 0 aliphatic rings. The summed E-state index contributed by atoms with van der Waals surface area (Å²) in [5.41, 5.74) is 2.85. The van der Waals surface area contributed by atoms with Crippen LogP contribution in [-0.4, -0.2) is 46.3 Å². The van der Waals surface area contributed by atoms with Gasteiger partial charge in [0.2, 0.25) is 5.95 Å². The number of hydrogen-bond donors (Lipinski definition) is 4. The van der Waals surface area contributed by atoms with Crippen molar-refractivity contribution in [3.05, 3.63) is 47.2 Å². The molecule has 0 bridgehead atoms. The molecule has 3 aromatic rings. The standard InChI is InChI=1S/C21H27ClN6O/c1-15-13-20(28-21(27-15)26-8-2-3-12-29)25-10-4-9-23-18-7-11-24-19-14-16(22)5-6-17(18)19/h5-7,11,13-14,29H,2-4,8-10,12H2,1H3,(H,23,24)(H2,25,26,27,28). The minimum absolute atomic E-state index is 0.209. The minimum atomic E-state index is 0.209. The van der Waals surface area contributed by atoms with E-state index in [1.807, 2.05) is 37.3 Å². The average molecular weight is 415 g/mol. The van der Waals surface area contributed by atoms with Crippen LogP contribution in [-0.2, 0) is 0 Å². The number of unbranched alkanes of at least 4 members (excludes halogenated alkanes) is 1. The molecule has 0 radical (unpaired) electrons. The molecule has 0 saturated carbocycles. The largest absolute Gasteiger partial charge is 0.396 e. The molecular weight excluding hydrogens is 388 g/mol. The molecule has 4 N–H and O–H groups in total. The molecule has 0 atom stereocenters. The molecule has 0 amide bonds. The van der Waals surface area contributed by atoms with Gasteiger partial charge in [-0.05, 0) is 50.5 Å². The lowest BCUT2D eigenvalue weighted by Gasteiger charge is -2.11. The topological polar surface area (TPSA) is 95.0 Å². The van der Waals surface area contributed by atoms with Gasteiger partial charge in [0.05, 0.1) is 5.52 Å². The number of anilines is 3. The number of aliphatic hydroxyl groups is 1. The SMILES string of the molecule is Cc1cc(NCCCNc2ccnc3cc(Cl)ccc23)nc(NCCCCO)n1. The molecule has 29 heavy (non-hydrogen) atoms. The lowest BCUT2D eigenvalue weighted by molar-refractivity contribution is 0.286. The van der Waals surface area contributed by atoms with Crippen molar-refractivity contribution >= 4 is 40.0 Å². The van der Waals surface area contributed by atoms with Crippen LogP contribution in [0.3, 0.4) is 0 Å². The molecule has 0 unspecified atom stereocenters. The van der Waals surface area contributed by atoms with E-state index in [-0.39, 0.29) is 6.61 Å². The first-order valence-corrected chi connectivity index (χ1v) is 10.3. The second-order valence-corrected chi connectivity index (χ2v) is 7.24. The van der Waals surface area contributed by atoms with Crippen molar-refractivity contribution in [1.29, 1.82) is 0 Å². The van der Waals surface area contributed by atoms with E-state index < -0.39 is 0 Å².